The largest absolute Gasteiger partial charge is 0.378 e. The third-order valence-corrected chi connectivity index (χ3v) is 2.84. The van der Waals surface area contributed by atoms with Crippen molar-refractivity contribution in [1.29, 1.82) is 0 Å². The summed E-state index contributed by atoms with van der Waals surface area (Å²) < 4.78 is 1.58. The molecule has 0 aliphatic heterocycles. The molecule has 7 heteroatoms. The molecule has 106 valence electrons. The Bertz CT molecular complexity index is 575. The van der Waals surface area contributed by atoms with Crippen molar-refractivity contribution < 1.29 is 4.79 Å². The van der Waals surface area contributed by atoms with Gasteiger partial charge in [-0.1, -0.05) is 12.0 Å². The molecule has 0 aliphatic rings. The quantitative estimate of drug-likeness (QED) is 0.892. The number of benzene rings is 1. The number of amides is 1. The summed E-state index contributed by atoms with van der Waals surface area (Å²) in [6, 6.07) is 7.34. The monoisotopic (exact) mass is 274 g/mol. The van der Waals surface area contributed by atoms with Crippen LogP contribution < -0.4 is 10.2 Å². The highest BCUT2D eigenvalue weighted by Gasteiger charge is 2.11. The second-order valence-corrected chi connectivity index (χ2v) is 4.62. The minimum Gasteiger partial charge on any atom is -0.378 e. The number of hydrogen-bond donors (Lipinski definition) is 1. The summed E-state index contributed by atoms with van der Waals surface area (Å²) in [7, 11) is 3.90. The number of aromatic nitrogens is 4. The Kier molecular flexibility index (Phi) is 4.29. The first-order valence-corrected chi connectivity index (χ1v) is 6.46. The molecular weight excluding hydrogens is 256 g/mol. The van der Waals surface area contributed by atoms with Gasteiger partial charge in [-0.2, -0.15) is 0 Å². The molecule has 0 radical (unpaired) electrons. The number of carbonyl (C=O) groups excluding carboxylic acids is 1. The van der Waals surface area contributed by atoms with E-state index in [0.717, 1.165) is 12.1 Å². The molecule has 20 heavy (non-hydrogen) atoms. The van der Waals surface area contributed by atoms with Gasteiger partial charge in [0.15, 0.2) is 0 Å². The van der Waals surface area contributed by atoms with Crippen molar-refractivity contribution in [2.75, 3.05) is 24.3 Å². The molecule has 1 heterocycles. The molecule has 0 spiro atoms. The Morgan fingerprint density at radius 2 is 2.00 bits per heavy atom. The van der Waals surface area contributed by atoms with E-state index in [1.807, 2.05) is 38.1 Å². The Hall–Kier alpha value is -2.44. The highest BCUT2D eigenvalue weighted by Crippen LogP contribution is 2.13. The number of carbonyl (C=O) groups is 1. The molecule has 0 fully saturated rings. The van der Waals surface area contributed by atoms with E-state index in [1.54, 1.807) is 16.8 Å². The minimum atomic E-state index is -0.220. The van der Waals surface area contributed by atoms with Crippen LogP contribution in [-0.4, -0.2) is 40.2 Å². The molecule has 1 aromatic carbocycles. The molecule has 2 rings (SSSR count). The molecule has 0 saturated heterocycles. The molecule has 0 saturated carbocycles. The molecule has 2 aromatic rings. The van der Waals surface area contributed by atoms with E-state index in [4.69, 9.17) is 0 Å². The first-order valence-electron chi connectivity index (χ1n) is 6.46. The summed E-state index contributed by atoms with van der Waals surface area (Å²) in [5.74, 6) is 0.149. The second kappa shape index (κ2) is 6.14. The molecule has 1 aromatic heterocycles. The van der Waals surface area contributed by atoms with Gasteiger partial charge in [0.05, 0.1) is 0 Å². The SMILES string of the molecule is CCCn1nnnc1NC(=O)c1ccc(N(C)C)cc1. The summed E-state index contributed by atoms with van der Waals surface area (Å²) in [5.41, 5.74) is 1.61. The fraction of sp³-hybridized carbons (Fsp3) is 0.385. The number of aryl methyl sites for hydroxylation is 1. The number of nitrogens with zero attached hydrogens (tertiary/aromatic N) is 5. The summed E-state index contributed by atoms with van der Waals surface area (Å²) >= 11 is 0. The molecule has 1 amide bonds. The van der Waals surface area contributed by atoms with Gasteiger partial charge in [-0.25, -0.2) is 4.68 Å². The number of rotatable bonds is 5. The van der Waals surface area contributed by atoms with E-state index in [9.17, 15) is 4.79 Å². The van der Waals surface area contributed by atoms with Gasteiger partial charge in [-0.05, 0) is 41.1 Å². The maximum Gasteiger partial charge on any atom is 0.258 e. The van der Waals surface area contributed by atoms with Gasteiger partial charge in [0, 0.05) is 31.9 Å². The summed E-state index contributed by atoms with van der Waals surface area (Å²) in [6.07, 6.45) is 0.894. The lowest BCUT2D eigenvalue weighted by Gasteiger charge is -2.12. The van der Waals surface area contributed by atoms with Crippen LogP contribution in [0.4, 0.5) is 11.6 Å². The van der Waals surface area contributed by atoms with E-state index in [1.165, 1.54) is 0 Å². The Labute approximate surface area is 117 Å². The molecule has 0 aliphatic carbocycles. The normalized spacial score (nSPS) is 10.3. The highest BCUT2D eigenvalue weighted by atomic mass is 16.1. The van der Waals surface area contributed by atoms with Crippen LogP contribution in [0.2, 0.25) is 0 Å². The van der Waals surface area contributed by atoms with E-state index in [2.05, 4.69) is 20.8 Å². The number of hydrogen-bond acceptors (Lipinski definition) is 5. The zero-order chi connectivity index (χ0) is 14.5. The molecule has 0 unspecified atom stereocenters. The first-order chi connectivity index (χ1) is 9.61. The van der Waals surface area contributed by atoms with Crippen molar-refractivity contribution in [2.24, 2.45) is 0 Å². The van der Waals surface area contributed by atoms with Gasteiger partial charge < -0.3 is 4.90 Å². The number of tetrazole rings is 1. The van der Waals surface area contributed by atoms with Crippen LogP contribution in [0, 0.1) is 0 Å². The summed E-state index contributed by atoms with van der Waals surface area (Å²) in [6.45, 7) is 2.69. The zero-order valence-corrected chi connectivity index (χ0v) is 11.9. The maximum atomic E-state index is 12.1. The second-order valence-electron chi connectivity index (χ2n) is 4.62. The van der Waals surface area contributed by atoms with Crippen molar-refractivity contribution >= 4 is 17.5 Å². The third kappa shape index (κ3) is 3.11. The molecular formula is C13H18N6O. The summed E-state index contributed by atoms with van der Waals surface area (Å²) in [4.78, 5) is 14.1. The van der Waals surface area contributed by atoms with Crippen LogP contribution in [0.1, 0.15) is 23.7 Å². The first kappa shape index (κ1) is 14.0. The number of anilines is 2. The standard InChI is InChI=1S/C13H18N6O/c1-4-9-19-13(15-16-17-19)14-12(20)10-5-7-11(8-6-10)18(2)3/h5-8H,4,9H2,1-3H3,(H,14,15,17,20). The number of nitrogens with one attached hydrogen (secondary N) is 1. The molecule has 0 bridgehead atoms. The molecule has 0 atom stereocenters. The van der Waals surface area contributed by atoms with Crippen LogP contribution >= 0.6 is 0 Å². The smallest absolute Gasteiger partial charge is 0.258 e. The zero-order valence-electron chi connectivity index (χ0n) is 11.9. The van der Waals surface area contributed by atoms with E-state index < -0.39 is 0 Å². The Morgan fingerprint density at radius 1 is 1.30 bits per heavy atom. The van der Waals surface area contributed by atoms with Gasteiger partial charge in [0.25, 0.3) is 5.91 Å². The van der Waals surface area contributed by atoms with Crippen molar-refractivity contribution in [1.82, 2.24) is 20.2 Å². The predicted molar refractivity (Wildman–Crippen MR) is 76.8 cm³/mol. The summed E-state index contributed by atoms with van der Waals surface area (Å²) in [5, 5.41) is 13.9. The van der Waals surface area contributed by atoms with Gasteiger partial charge in [0.2, 0.25) is 5.95 Å². The van der Waals surface area contributed by atoms with Crippen molar-refractivity contribution in [3.8, 4) is 0 Å². The van der Waals surface area contributed by atoms with Crippen molar-refractivity contribution in [3.05, 3.63) is 29.8 Å². The van der Waals surface area contributed by atoms with Crippen molar-refractivity contribution in [2.45, 2.75) is 19.9 Å². The lowest BCUT2D eigenvalue weighted by Crippen LogP contribution is -2.17. The van der Waals surface area contributed by atoms with Gasteiger partial charge >= 0.3 is 0 Å². The fourth-order valence-corrected chi connectivity index (χ4v) is 1.74. The van der Waals surface area contributed by atoms with Crippen molar-refractivity contribution in [3.63, 3.8) is 0 Å². The lowest BCUT2D eigenvalue weighted by molar-refractivity contribution is 0.102. The topological polar surface area (TPSA) is 75.9 Å². The maximum absolute atomic E-state index is 12.1. The van der Waals surface area contributed by atoms with Crippen LogP contribution in [0.25, 0.3) is 0 Å². The van der Waals surface area contributed by atoms with Crippen LogP contribution in [0.3, 0.4) is 0 Å². The Morgan fingerprint density at radius 3 is 2.60 bits per heavy atom. The fourth-order valence-electron chi connectivity index (χ4n) is 1.74. The third-order valence-electron chi connectivity index (χ3n) is 2.84. The average molecular weight is 274 g/mol. The minimum absolute atomic E-state index is 0.220. The van der Waals surface area contributed by atoms with Gasteiger partial charge in [0.1, 0.15) is 0 Å². The van der Waals surface area contributed by atoms with Gasteiger partial charge in [-0.15, -0.1) is 0 Å². The van der Waals surface area contributed by atoms with Crippen LogP contribution in [0.15, 0.2) is 24.3 Å². The van der Waals surface area contributed by atoms with E-state index in [0.29, 0.717) is 18.1 Å². The molecule has 1 N–H and O–H groups in total. The Balaban J connectivity index is 2.09. The van der Waals surface area contributed by atoms with Gasteiger partial charge in [-0.3, -0.25) is 10.1 Å². The molecule has 7 nitrogen and oxygen atoms in total. The lowest BCUT2D eigenvalue weighted by atomic mass is 10.2. The predicted octanol–water partition coefficient (Wildman–Crippen LogP) is 1.40. The highest BCUT2D eigenvalue weighted by molar-refractivity contribution is 6.03. The van der Waals surface area contributed by atoms with E-state index >= 15 is 0 Å². The van der Waals surface area contributed by atoms with E-state index in [-0.39, 0.29) is 5.91 Å². The van der Waals surface area contributed by atoms with Crippen LogP contribution in [-0.2, 0) is 6.54 Å². The average Bonchev–Trinajstić information content (AvgIpc) is 2.86. The van der Waals surface area contributed by atoms with Crippen LogP contribution in [0.5, 0.6) is 0 Å².